The van der Waals surface area contributed by atoms with Gasteiger partial charge in [-0.1, -0.05) is 24.3 Å². The van der Waals surface area contributed by atoms with Crippen LogP contribution in [-0.2, 0) is 9.47 Å². The number of likely N-dealkylation sites (N-methyl/N-ethyl adjacent to an activating group) is 1. The summed E-state index contributed by atoms with van der Waals surface area (Å²) in [5.41, 5.74) is 8.39. The molecule has 198 valence electrons. The number of methoxy groups -OCH3 is 2. The first-order chi connectivity index (χ1) is 18.5. The Hall–Kier alpha value is -4.05. The molecule has 3 aromatic carbocycles. The number of aryl methyl sites for hydroxylation is 1. The number of benzene rings is 3. The van der Waals surface area contributed by atoms with E-state index in [0.717, 1.165) is 51.5 Å². The summed E-state index contributed by atoms with van der Waals surface area (Å²) in [6.45, 7) is 7.67. The normalized spacial score (nSPS) is 11.9. The molecule has 0 saturated heterocycles. The van der Waals surface area contributed by atoms with E-state index in [1.807, 2.05) is 80.7 Å². The maximum Gasteiger partial charge on any atom is 0.164 e. The molecular formula is C29H35N7O2. The summed E-state index contributed by atoms with van der Waals surface area (Å²) >= 11 is 0. The van der Waals surface area contributed by atoms with Crippen LogP contribution in [-0.4, -0.2) is 68.8 Å². The number of hydrogen-bond donors (Lipinski definition) is 3. The predicted molar refractivity (Wildman–Crippen MR) is 156 cm³/mol. The monoisotopic (exact) mass is 513 g/mol. The SMILES string of the molecule is C=NNc1ccc(Nc2nc(-c3ccccc3NC(CN(C)CCOC)OC)nc3ccccc23)cc1C. The molecule has 0 aliphatic carbocycles. The molecule has 1 unspecified atom stereocenters. The van der Waals surface area contributed by atoms with Gasteiger partial charge in [0.15, 0.2) is 5.82 Å². The van der Waals surface area contributed by atoms with Crippen LogP contribution in [0.1, 0.15) is 5.56 Å². The number of aromatic nitrogens is 2. The van der Waals surface area contributed by atoms with Gasteiger partial charge in [-0.2, -0.15) is 5.10 Å². The van der Waals surface area contributed by atoms with Gasteiger partial charge in [0.2, 0.25) is 0 Å². The van der Waals surface area contributed by atoms with Crippen molar-refractivity contribution >= 4 is 40.5 Å². The lowest BCUT2D eigenvalue weighted by Crippen LogP contribution is -2.37. The van der Waals surface area contributed by atoms with E-state index >= 15 is 0 Å². The minimum Gasteiger partial charge on any atom is -0.383 e. The molecule has 0 aliphatic heterocycles. The summed E-state index contributed by atoms with van der Waals surface area (Å²) in [6.07, 6.45) is -0.226. The molecule has 1 atom stereocenters. The molecule has 0 spiro atoms. The molecule has 0 aliphatic rings. The van der Waals surface area contributed by atoms with Crippen molar-refractivity contribution in [1.29, 1.82) is 0 Å². The van der Waals surface area contributed by atoms with Crippen molar-refractivity contribution in [2.45, 2.75) is 13.2 Å². The Bertz CT molecular complexity index is 1380. The number of hydrazone groups is 1. The summed E-state index contributed by atoms with van der Waals surface area (Å²) in [6, 6.07) is 22.0. The van der Waals surface area contributed by atoms with E-state index in [1.54, 1.807) is 14.2 Å². The molecule has 0 amide bonds. The van der Waals surface area contributed by atoms with Crippen LogP contribution in [0.2, 0.25) is 0 Å². The Morgan fingerprint density at radius 2 is 1.79 bits per heavy atom. The Labute approximate surface area is 223 Å². The Balaban J connectivity index is 1.67. The van der Waals surface area contributed by atoms with Crippen LogP contribution in [0.15, 0.2) is 71.8 Å². The molecule has 0 saturated carbocycles. The molecule has 3 N–H and O–H groups in total. The average Bonchev–Trinajstić information content (AvgIpc) is 2.93. The molecule has 0 bridgehead atoms. The molecule has 0 radical (unpaired) electrons. The zero-order valence-corrected chi connectivity index (χ0v) is 22.4. The van der Waals surface area contributed by atoms with Crippen molar-refractivity contribution < 1.29 is 9.47 Å². The molecule has 0 fully saturated rings. The van der Waals surface area contributed by atoms with Crippen LogP contribution in [0.25, 0.3) is 22.3 Å². The quantitative estimate of drug-likeness (QED) is 0.125. The summed E-state index contributed by atoms with van der Waals surface area (Å²) in [5.74, 6) is 1.34. The molecular weight excluding hydrogens is 478 g/mol. The van der Waals surface area contributed by atoms with E-state index < -0.39 is 0 Å². The van der Waals surface area contributed by atoms with Gasteiger partial charge >= 0.3 is 0 Å². The van der Waals surface area contributed by atoms with E-state index in [2.05, 4.69) is 32.8 Å². The minimum atomic E-state index is -0.226. The minimum absolute atomic E-state index is 0.226. The van der Waals surface area contributed by atoms with Crippen LogP contribution < -0.4 is 16.1 Å². The number of nitrogens with one attached hydrogen (secondary N) is 3. The van der Waals surface area contributed by atoms with E-state index in [1.165, 1.54) is 0 Å². The fourth-order valence-corrected chi connectivity index (χ4v) is 4.16. The summed E-state index contributed by atoms with van der Waals surface area (Å²) in [7, 11) is 5.45. The first kappa shape index (κ1) is 27.0. The van der Waals surface area contributed by atoms with Gasteiger partial charge in [0.05, 0.1) is 17.8 Å². The topological polar surface area (TPSA) is 95.9 Å². The summed E-state index contributed by atoms with van der Waals surface area (Å²) < 4.78 is 10.9. The lowest BCUT2D eigenvalue weighted by molar-refractivity contribution is 0.0802. The first-order valence-electron chi connectivity index (χ1n) is 12.4. The molecule has 1 aromatic heterocycles. The molecule has 4 aromatic rings. The highest BCUT2D eigenvalue weighted by molar-refractivity contribution is 5.93. The third kappa shape index (κ3) is 6.63. The number of fused-ring (bicyclic) bond motifs is 1. The Morgan fingerprint density at radius 3 is 2.55 bits per heavy atom. The molecule has 1 heterocycles. The van der Waals surface area contributed by atoms with Gasteiger partial charge in [0, 0.05) is 56.4 Å². The second-order valence-electron chi connectivity index (χ2n) is 9.01. The summed E-state index contributed by atoms with van der Waals surface area (Å²) in [4.78, 5) is 12.0. The number of rotatable bonds is 13. The third-order valence-electron chi connectivity index (χ3n) is 6.22. The number of para-hydroxylation sites is 2. The lowest BCUT2D eigenvalue weighted by Gasteiger charge is -2.25. The Morgan fingerprint density at radius 1 is 1.00 bits per heavy atom. The number of nitrogens with zero attached hydrogens (tertiary/aromatic N) is 4. The highest BCUT2D eigenvalue weighted by Crippen LogP contribution is 2.32. The largest absolute Gasteiger partial charge is 0.383 e. The van der Waals surface area contributed by atoms with Crippen LogP contribution >= 0.6 is 0 Å². The predicted octanol–water partition coefficient (Wildman–Crippen LogP) is 5.34. The van der Waals surface area contributed by atoms with Crippen molar-refractivity contribution in [3.8, 4) is 11.4 Å². The highest BCUT2D eigenvalue weighted by Gasteiger charge is 2.16. The number of hydrogen-bond acceptors (Lipinski definition) is 9. The molecule has 9 heteroatoms. The van der Waals surface area contributed by atoms with Crippen LogP contribution in [0.5, 0.6) is 0 Å². The van der Waals surface area contributed by atoms with Gasteiger partial charge in [0.25, 0.3) is 0 Å². The van der Waals surface area contributed by atoms with Gasteiger partial charge in [-0.15, -0.1) is 0 Å². The Kier molecular flexibility index (Phi) is 9.21. The number of anilines is 4. The van der Waals surface area contributed by atoms with Crippen molar-refractivity contribution in [1.82, 2.24) is 14.9 Å². The van der Waals surface area contributed by atoms with Crippen molar-refractivity contribution in [3.63, 3.8) is 0 Å². The smallest absolute Gasteiger partial charge is 0.164 e. The van der Waals surface area contributed by atoms with Crippen LogP contribution in [0.4, 0.5) is 22.9 Å². The standard InChI is InChI=1S/C29H35N7O2/c1-20-18-21(14-15-24(20)35-30-2)31-28-23-11-7-9-13-26(23)33-29(34-28)22-10-6-8-12-25(22)32-27(38-5)19-36(3)16-17-37-4/h6-15,18,27,32,35H,2,16-17,19H2,1,3-5H3,(H,31,33,34). The van der Waals surface area contributed by atoms with Gasteiger partial charge in [-0.3, -0.25) is 10.3 Å². The van der Waals surface area contributed by atoms with E-state index in [4.69, 9.17) is 19.4 Å². The maximum atomic E-state index is 5.74. The lowest BCUT2D eigenvalue weighted by atomic mass is 10.1. The van der Waals surface area contributed by atoms with Gasteiger partial charge in [-0.05, 0) is 62.0 Å². The van der Waals surface area contributed by atoms with Crippen molar-refractivity contribution in [2.24, 2.45) is 5.10 Å². The number of ether oxygens (including phenoxy) is 2. The second kappa shape index (κ2) is 13.0. The van der Waals surface area contributed by atoms with Crippen LogP contribution in [0, 0.1) is 6.92 Å². The van der Waals surface area contributed by atoms with E-state index in [-0.39, 0.29) is 6.23 Å². The molecule has 9 nitrogen and oxygen atoms in total. The molecule has 4 rings (SSSR count). The van der Waals surface area contributed by atoms with E-state index in [9.17, 15) is 0 Å². The van der Waals surface area contributed by atoms with Crippen molar-refractivity contribution in [3.05, 3.63) is 72.3 Å². The summed E-state index contributed by atoms with van der Waals surface area (Å²) in [5, 5.41) is 11.7. The van der Waals surface area contributed by atoms with Gasteiger partial charge in [0.1, 0.15) is 12.0 Å². The highest BCUT2D eigenvalue weighted by atomic mass is 16.5. The third-order valence-corrected chi connectivity index (χ3v) is 6.22. The average molecular weight is 514 g/mol. The fraction of sp³-hybridized carbons (Fsp3) is 0.276. The van der Waals surface area contributed by atoms with E-state index in [0.29, 0.717) is 19.0 Å². The zero-order valence-electron chi connectivity index (χ0n) is 22.4. The van der Waals surface area contributed by atoms with Crippen LogP contribution in [0.3, 0.4) is 0 Å². The fourth-order valence-electron chi connectivity index (χ4n) is 4.16. The van der Waals surface area contributed by atoms with Crippen molar-refractivity contribution in [2.75, 3.05) is 57.0 Å². The van der Waals surface area contributed by atoms with Gasteiger partial charge in [-0.25, -0.2) is 9.97 Å². The zero-order chi connectivity index (χ0) is 26.9. The second-order valence-corrected chi connectivity index (χ2v) is 9.01. The van der Waals surface area contributed by atoms with Gasteiger partial charge < -0.3 is 20.1 Å². The first-order valence-corrected chi connectivity index (χ1v) is 12.4. The molecule has 38 heavy (non-hydrogen) atoms. The maximum absolute atomic E-state index is 5.74.